The van der Waals surface area contributed by atoms with Gasteiger partial charge in [-0.1, -0.05) is 32.0 Å². The fourth-order valence-electron chi connectivity index (χ4n) is 3.65. The molecule has 0 aliphatic carbocycles. The van der Waals surface area contributed by atoms with Crippen LogP contribution < -0.4 is 5.48 Å². The molecule has 170 valence electrons. The SMILES string of the molecule is CC(C)CCc1ccc(-c2ccc(S(=O)(=O)C3(C(=O)NO)CCOCC3)cc2)nc1.Cl. The number of benzene rings is 1. The Balaban J connectivity index is 0.00000341. The number of amides is 1. The largest absolute Gasteiger partial charge is 0.381 e. The first-order valence-corrected chi connectivity index (χ1v) is 11.6. The second-order valence-corrected chi connectivity index (χ2v) is 10.3. The van der Waals surface area contributed by atoms with E-state index in [1.807, 2.05) is 18.3 Å². The van der Waals surface area contributed by atoms with E-state index < -0.39 is 20.5 Å². The van der Waals surface area contributed by atoms with Crippen molar-refractivity contribution in [3.63, 3.8) is 0 Å². The number of pyridine rings is 1. The van der Waals surface area contributed by atoms with Crippen molar-refractivity contribution in [1.82, 2.24) is 10.5 Å². The fraction of sp³-hybridized carbons (Fsp3) is 0.455. The Kier molecular flexibility index (Phi) is 8.59. The number of rotatable bonds is 7. The Morgan fingerprint density at radius 3 is 2.32 bits per heavy atom. The van der Waals surface area contributed by atoms with Crippen LogP contribution >= 0.6 is 12.4 Å². The van der Waals surface area contributed by atoms with Crippen LogP contribution in [0.25, 0.3) is 11.3 Å². The van der Waals surface area contributed by atoms with Crippen LogP contribution in [0.4, 0.5) is 0 Å². The van der Waals surface area contributed by atoms with Crippen molar-refractivity contribution in [2.45, 2.75) is 49.2 Å². The molecule has 0 spiro atoms. The number of ether oxygens (including phenoxy) is 1. The van der Waals surface area contributed by atoms with Gasteiger partial charge in [-0.3, -0.25) is 15.0 Å². The summed E-state index contributed by atoms with van der Waals surface area (Å²) in [6.45, 7) is 4.65. The molecule has 0 atom stereocenters. The van der Waals surface area contributed by atoms with Gasteiger partial charge in [0.25, 0.3) is 5.91 Å². The number of carbonyl (C=O) groups excluding carboxylic acids is 1. The van der Waals surface area contributed by atoms with Gasteiger partial charge in [0.1, 0.15) is 0 Å². The summed E-state index contributed by atoms with van der Waals surface area (Å²) in [6.07, 6.45) is 3.90. The van der Waals surface area contributed by atoms with Crippen LogP contribution in [-0.2, 0) is 25.8 Å². The molecular formula is C22H29ClN2O5S. The van der Waals surface area contributed by atoms with E-state index in [1.165, 1.54) is 23.2 Å². The van der Waals surface area contributed by atoms with E-state index in [0.717, 1.165) is 24.1 Å². The number of aryl methyl sites for hydroxylation is 1. The van der Waals surface area contributed by atoms with Crippen molar-refractivity contribution in [1.29, 1.82) is 0 Å². The van der Waals surface area contributed by atoms with Crippen molar-refractivity contribution in [2.75, 3.05) is 13.2 Å². The number of halogens is 1. The number of aromatic nitrogens is 1. The molecule has 7 nitrogen and oxygen atoms in total. The van der Waals surface area contributed by atoms with Crippen molar-refractivity contribution in [2.24, 2.45) is 5.92 Å². The van der Waals surface area contributed by atoms with Gasteiger partial charge in [0.15, 0.2) is 14.6 Å². The monoisotopic (exact) mass is 468 g/mol. The standard InChI is InChI=1S/C22H28N2O5S.ClH/c1-16(2)3-4-17-5-10-20(23-15-17)18-6-8-19(9-7-18)30(27,28)22(21(25)24-26)11-13-29-14-12-22;/h5-10,15-16,26H,3-4,11-14H2,1-2H3,(H,24,25);1H. The average molecular weight is 469 g/mol. The van der Waals surface area contributed by atoms with Crippen molar-refractivity contribution >= 4 is 28.2 Å². The van der Waals surface area contributed by atoms with E-state index in [4.69, 9.17) is 9.94 Å². The number of sulfone groups is 1. The number of carbonyl (C=O) groups is 1. The van der Waals surface area contributed by atoms with Crippen LogP contribution in [0, 0.1) is 5.92 Å². The molecule has 1 aromatic heterocycles. The van der Waals surface area contributed by atoms with E-state index in [2.05, 4.69) is 18.8 Å². The first kappa shape index (κ1) is 25.3. The maximum Gasteiger partial charge on any atom is 0.265 e. The molecule has 1 aliphatic rings. The summed E-state index contributed by atoms with van der Waals surface area (Å²) >= 11 is 0. The Bertz CT molecular complexity index is 970. The van der Waals surface area contributed by atoms with E-state index in [-0.39, 0.29) is 43.4 Å². The first-order chi connectivity index (χ1) is 14.3. The number of nitrogens with one attached hydrogen (secondary N) is 1. The summed E-state index contributed by atoms with van der Waals surface area (Å²) in [6, 6.07) is 10.3. The molecule has 0 radical (unpaired) electrons. The van der Waals surface area contributed by atoms with Gasteiger partial charge in [-0.15, -0.1) is 12.4 Å². The highest BCUT2D eigenvalue weighted by Crippen LogP contribution is 2.35. The molecule has 2 heterocycles. The highest BCUT2D eigenvalue weighted by atomic mass is 35.5. The molecule has 1 fully saturated rings. The maximum atomic E-state index is 13.3. The Hall–Kier alpha value is -2.00. The summed E-state index contributed by atoms with van der Waals surface area (Å²) in [7, 11) is -4.03. The second kappa shape index (κ2) is 10.5. The number of hydrogen-bond donors (Lipinski definition) is 2. The minimum atomic E-state index is -4.03. The highest BCUT2D eigenvalue weighted by Gasteiger charge is 2.52. The van der Waals surface area contributed by atoms with Crippen LogP contribution in [0.2, 0.25) is 0 Å². The summed E-state index contributed by atoms with van der Waals surface area (Å²) < 4.78 is 30.1. The highest BCUT2D eigenvalue weighted by molar-refractivity contribution is 7.93. The lowest BCUT2D eigenvalue weighted by molar-refractivity contribution is -0.134. The molecule has 9 heteroatoms. The number of hydroxylamine groups is 1. The summed E-state index contributed by atoms with van der Waals surface area (Å²) in [5, 5.41) is 9.13. The summed E-state index contributed by atoms with van der Waals surface area (Å²) in [4.78, 5) is 16.9. The molecule has 31 heavy (non-hydrogen) atoms. The van der Waals surface area contributed by atoms with Gasteiger partial charge in [-0.25, -0.2) is 13.9 Å². The van der Waals surface area contributed by atoms with E-state index in [9.17, 15) is 13.2 Å². The predicted molar refractivity (Wildman–Crippen MR) is 120 cm³/mol. The molecule has 0 unspecified atom stereocenters. The third-order valence-corrected chi connectivity index (χ3v) is 8.14. The predicted octanol–water partition coefficient (Wildman–Crippen LogP) is 3.59. The zero-order valence-electron chi connectivity index (χ0n) is 17.7. The summed E-state index contributed by atoms with van der Waals surface area (Å²) in [5.74, 6) is -0.292. The zero-order chi connectivity index (χ0) is 21.8. The molecule has 0 bridgehead atoms. The second-order valence-electron chi connectivity index (χ2n) is 8.06. The Labute approximate surface area is 189 Å². The van der Waals surface area contributed by atoms with Crippen molar-refractivity contribution in [3.8, 4) is 11.3 Å². The summed E-state index contributed by atoms with van der Waals surface area (Å²) in [5.41, 5.74) is 4.24. The minimum Gasteiger partial charge on any atom is -0.381 e. The van der Waals surface area contributed by atoms with Gasteiger partial charge < -0.3 is 4.74 Å². The lowest BCUT2D eigenvalue weighted by Gasteiger charge is -2.34. The van der Waals surface area contributed by atoms with Crippen LogP contribution in [-0.4, -0.2) is 42.5 Å². The molecule has 1 aliphatic heterocycles. The number of hydrogen-bond acceptors (Lipinski definition) is 6. The smallest absolute Gasteiger partial charge is 0.265 e. The fourth-order valence-corrected chi connectivity index (χ4v) is 5.59. The van der Waals surface area contributed by atoms with Crippen LogP contribution in [0.15, 0.2) is 47.5 Å². The Morgan fingerprint density at radius 2 is 1.81 bits per heavy atom. The molecule has 1 aromatic carbocycles. The van der Waals surface area contributed by atoms with Gasteiger partial charge in [0, 0.05) is 25.0 Å². The number of nitrogens with zero attached hydrogens (tertiary/aromatic N) is 1. The van der Waals surface area contributed by atoms with Gasteiger partial charge in [-0.05, 0) is 55.4 Å². The Morgan fingerprint density at radius 1 is 1.16 bits per heavy atom. The van der Waals surface area contributed by atoms with Crippen LogP contribution in [0.1, 0.15) is 38.7 Å². The van der Waals surface area contributed by atoms with Crippen LogP contribution in [0.3, 0.4) is 0 Å². The third kappa shape index (κ3) is 5.26. The van der Waals surface area contributed by atoms with E-state index in [0.29, 0.717) is 5.92 Å². The topological polar surface area (TPSA) is 106 Å². The molecule has 2 aromatic rings. The molecule has 2 N–H and O–H groups in total. The van der Waals surface area contributed by atoms with Crippen LogP contribution in [0.5, 0.6) is 0 Å². The normalized spacial score (nSPS) is 15.9. The molecule has 1 amide bonds. The van der Waals surface area contributed by atoms with Gasteiger partial charge >= 0.3 is 0 Å². The van der Waals surface area contributed by atoms with Crippen molar-refractivity contribution in [3.05, 3.63) is 48.2 Å². The van der Waals surface area contributed by atoms with E-state index >= 15 is 0 Å². The maximum absolute atomic E-state index is 13.3. The minimum absolute atomic E-state index is 0. The lowest BCUT2D eigenvalue weighted by atomic mass is 9.98. The average Bonchev–Trinajstić information content (AvgIpc) is 2.78. The molecule has 0 saturated carbocycles. The van der Waals surface area contributed by atoms with Gasteiger partial charge in [0.05, 0.1) is 10.6 Å². The molecule has 3 rings (SSSR count). The van der Waals surface area contributed by atoms with Gasteiger partial charge in [-0.2, -0.15) is 0 Å². The molecular weight excluding hydrogens is 440 g/mol. The van der Waals surface area contributed by atoms with E-state index in [1.54, 1.807) is 12.1 Å². The third-order valence-electron chi connectivity index (χ3n) is 5.63. The lowest BCUT2D eigenvalue weighted by Crippen LogP contribution is -2.54. The molecule has 1 saturated heterocycles. The first-order valence-electron chi connectivity index (χ1n) is 10.1. The zero-order valence-corrected chi connectivity index (χ0v) is 19.3. The van der Waals surface area contributed by atoms with Gasteiger partial charge in [0.2, 0.25) is 0 Å². The van der Waals surface area contributed by atoms with Crippen molar-refractivity contribution < 1.29 is 23.2 Å². The quantitative estimate of drug-likeness (QED) is 0.475.